The lowest BCUT2D eigenvalue weighted by Gasteiger charge is -2.16. The third-order valence-electron chi connectivity index (χ3n) is 2.69. The van der Waals surface area contributed by atoms with Crippen LogP contribution in [-0.2, 0) is 0 Å². The summed E-state index contributed by atoms with van der Waals surface area (Å²) in [4.78, 5) is 1.34. The van der Waals surface area contributed by atoms with Crippen molar-refractivity contribution in [3.05, 3.63) is 42.0 Å². The number of allylic oxidation sites excluding steroid dienone is 1. The molecule has 0 fully saturated rings. The van der Waals surface area contributed by atoms with Gasteiger partial charge in [0, 0.05) is 16.7 Å². The van der Waals surface area contributed by atoms with Gasteiger partial charge in [-0.3, -0.25) is 11.3 Å². The van der Waals surface area contributed by atoms with E-state index in [0.717, 1.165) is 18.6 Å². The fourth-order valence-corrected chi connectivity index (χ4v) is 2.66. The average Bonchev–Trinajstić information content (AvgIpc) is 2.31. The van der Waals surface area contributed by atoms with Crippen LogP contribution in [0.15, 0.2) is 41.3 Å². The number of thioether (sulfide) groups is 1. The largest absolute Gasteiger partial charge is 0.271 e. The molecular weight excluding hydrogens is 228 g/mol. The number of nitrogens with one attached hydrogen (secondary N) is 1. The molecule has 1 atom stereocenters. The molecule has 0 amide bonds. The Hall–Kier alpha value is -0.770. The summed E-state index contributed by atoms with van der Waals surface area (Å²) in [5.74, 6) is 6.56. The predicted molar refractivity (Wildman–Crippen MR) is 77.1 cm³/mol. The van der Waals surface area contributed by atoms with Gasteiger partial charge >= 0.3 is 0 Å². The van der Waals surface area contributed by atoms with Gasteiger partial charge in [0.2, 0.25) is 0 Å². The minimum Gasteiger partial charge on any atom is -0.271 e. The van der Waals surface area contributed by atoms with Crippen molar-refractivity contribution < 1.29 is 0 Å². The highest BCUT2D eigenvalue weighted by molar-refractivity contribution is 7.99. The standard InChI is InChI=1S/C14H22N2S/c1-11(2)8-9-13(16-15)10-17-14-7-5-4-6-12(14)3/h4-7,13,16H,1,8-10,15H2,2-3H3. The van der Waals surface area contributed by atoms with Gasteiger partial charge in [-0.2, -0.15) is 0 Å². The maximum absolute atomic E-state index is 5.57. The molecule has 0 heterocycles. The van der Waals surface area contributed by atoms with Crippen LogP contribution in [-0.4, -0.2) is 11.8 Å². The van der Waals surface area contributed by atoms with Crippen LogP contribution in [0.1, 0.15) is 25.3 Å². The highest BCUT2D eigenvalue weighted by Crippen LogP contribution is 2.23. The van der Waals surface area contributed by atoms with E-state index in [9.17, 15) is 0 Å². The number of hydrogen-bond acceptors (Lipinski definition) is 3. The van der Waals surface area contributed by atoms with Gasteiger partial charge in [0.05, 0.1) is 0 Å². The molecule has 1 aromatic carbocycles. The van der Waals surface area contributed by atoms with Gasteiger partial charge < -0.3 is 0 Å². The van der Waals surface area contributed by atoms with E-state index in [0.29, 0.717) is 6.04 Å². The molecule has 17 heavy (non-hydrogen) atoms. The quantitative estimate of drug-likeness (QED) is 0.337. The van der Waals surface area contributed by atoms with Gasteiger partial charge in [0.15, 0.2) is 0 Å². The molecule has 0 spiro atoms. The van der Waals surface area contributed by atoms with Gasteiger partial charge in [-0.25, -0.2) is 0 Å². The highest BCUT2D eigenvalue weighted by Gasteiger charge is 2.08. The highest BCUT2D eigenvalue weighted by atomic mass is 32.2. The average molecular weight is 250 g/mol. The summed E-state index contributed by atoms with van der Waals surface area (Å²) in [5.41, 5.74) is 5.43. The van der Waals surface area contributed by atoms with E-state index in [-0.39, 0.29) is 0 Å². The Kier molecular flexibility index (Phi) is 6.34. The maximum Gasteiger partial charge on any atom is 0.0307 e. The van der Waals surface area contributed by atoms with E-state index in [1.807, 2.05) is 11.8 Å². The third-order valence-corrected chi connectivity index (χ3v) is 4.03. The maximum atomic E-state index is 5.57. The second-order valence-corrected chi connectivity index (χ2v) is 5.50. The van der Waals surface area contributed by atoms with E-state index in [1.54, 1.807) is 0 Å². The Morgan fingerprint density at radius 1 is 1.47 bits per heavy atom. The molecule has 3 heteroatoms. The van der Waals surface area contributed by atoms with E-state index in [4.69, 9.17) is 5.84 Å². The van der Waals surface area contributed by atoms with Crippen molar-refractivity contribution in [3.8, 4) is 0 Å². The molecule has 0 saturated carbocycles. The van der Waals surface area contributed by atoms with E-state index >= 15 is 0 Å². The molecule has 0 aliphatic rings. The molecule has 1 rings (SSSR count). The predicted octanol–water partition coefficient (Wildman–Crippen LogP) is 3.28. The summed E-state index contributed by atoms with van der Waals surface area (Å²) >= 11 is 1.86. The fraction of sp³-hybridized carbons (Fsp3) is 0.429. The monoisotopic (exact) mass is 250 g/mol. The Balaban J connectivity index is 2.42. The van der Waals surface area contributed by atoms with Gasteiger partial charge in [-0.05, 0) is 38.3 Å². The molecule has 0 bridgehead atoms. The Bertz CT molecular complexity index is 363. The van der Waals surface area contributed by atoms with Crippen LogP contribution < -0.4 is 11.3 Å². The van der Waals surface area contributed by atoms with Crippen LogP contribution in [0.5, 0.6) is 0 Å². The molecule has 94 valence electrons. The van der Waals surface area contributed by atoms with Gasteiger partial charge in [-0.15, -0.1) is 18.3 Å². The summed E-state index contributed by atoms with van der Waals surface area (Å²) in [5, 5.41) is 0. The molecular formula is C14H22N2S. The molecule has 0 aliphatic carbocycles. The first-order valence-electron chi connectivity index (χ1n) is 5.92. The molecule has 0 radical (unpaired) electrons. The molecule has 3 N–H and O–H groups in total. The SMILES string of the molecule is C=C(C)CCC(CSc1ccccc1C)NN. The number of nitrogens with two attached hydrogens (primary N) is 1. The summed E-state index contributed by atoms with van der Waals surface area (Å²) in [6.45, 7) is 8.12. The molecule has 2 nitrogen and oxygen atoms in total. The van der Waals surface area contributed by atoms with Crippen LogP contribution in [0.3, 0.4) is 0 Å². The lowest BCUT2D eigenvalue weighted by molar-refractivity contribution is 0.538. The zero-order valence-corrected chi connectivity index (χ0v) is 11.5. The van der Waals surface area contributed by atoms with Crippen molar-refractivity contribution in [2.45, 2.75) is 37.6 Å². The lowest BCUT2D eigenvalue weighted by Crippen LogP contribution is -2.37. The van der Waals surface area contributed by atoms with Crippen molar-refractivity contribution in [2.75, 3.05) is 5.75 Å². The van der Waals surface area contributed by atoms with Crippen LogP contribution in [0.4, 0.5) is 0 Å². The zero-order chi connectivity index (χ0) is 12.7. The molecule has 1 unspecified atom stereocenters. The van der Waals surface area contributed by atoms with Gasteiger partial charge in [0.25, 0.3) is 0 Å². The van der Waals surface area contributed by atoms with Crippen molar-refractivity contribution >= 4 is 11.8 Å². The molecule has 1 aromatic rings. The van der Waals surface area contributed by atoms with Crippen molar-refractivity contribution in [1.29, 1.82) is 0 Å². The first kappa shape index (κ1) is 14.3. The normalized spacial score (nSPS) is 12.4. The molecule has 0 aromatic heterocycles. The summed E-state index contributed by atoms with van der Waals surface area (Å²) in [6.07, 6.45) is 2.08. The second kappa shape index (κ2) is 7.54. The number of rotatable bonds is 7. The van der Waals surface area contributed by atoms with Crippen LogP contribution >= 0.6 is 11.8 Å². The molecule has 0 aliphatic heterocycles. The van der Waals surface area contributed by atoms with Crippen molar-refractivity contribution in [2.24, 2.45) is 5.84 Å². The Morgan fingerprint density at radius 3 is 2.76 bits per heavy atom. The minimum absolute atomic E-state index is 0.344. The minimum atomic E-state index is 0.344. The van der Waals surface area contributed by atoms with Crippen LogP contribution in [0, 0.1) is 6.92 Å². The first-order valence-corrected chi connectivity index (χ1v) is 6.91. The van der Waals surface area contributed by atoms with E-state index in [2.05, 4.69) is 50.1 Å². The lowest BCUT2D eigenvalue weighted by atomic mass is 10.1. The first-order chi connectivity index (χ1) is 8.13. The summed E-state index contributed by atoms with van der Waals surface area (Å²) in [7, 11) is 0. The number of hydrogen-bond donors (Lipinski definition) is 2. The van der Waals surface area contributed by atoms with Crippen LogP contribution in [0.25, 0.3) is 0 Å². The second-order valence-electron chi connectivity index (χ2n) is 4.44. The van der Waals surface area contributed by atoms with Crippen molar-refractivity contribution in [1.82, 2.24) is 5.43 Å². The fourth-order valence-electron chi connectivity index (χ4n) is 1.54. The van der Waals surface area contributed by atoms with Gasteiger partial charge in [-0.1, -0.05) is 23.8 Å². The summed E-state index contributed by atoms with van der Waals surface area (Å²) in [6, 6.07) is 8.79. The van der Waals surface area contributed by atoms with E-state index < -0.39 is 0 Å². The Labute approximate surface area is 109 Å². The zero-order valence-electron chi connectivity index (χ0n) is 10.7. The van der Waals surface area contributed by atoms with E-state index in [1.165, 1.54) is 16.0 Å². The smallest absolute Gasteiger partial charge is 0.0307 e. The molecule has 0 saturated heterocycles. The third kappa shape index (κ3) is 5.39. The van der Waals surface area contributed by atoms with Gasteiger partial charge in [0.1, 0.15) is 0 Å². The summed E-state index contributed by atoms with van der Waals surface area (Å²) < 4.78 is 0. The number of hydrazine groups is 1. The number of benzene rings is 1. The number of aryl methyl sites for hydroxylation is 1. The Morgan fingerprint density at radius 2 is 2.18 bits per heavy atom. The topological polar surface area (TPSA) is 38.0 Å². The van der Waals surface area contributed by atoms with Crippen molar-refractivity contribution in [3.63, 3.8) is 0 Å². The van der Waals surface area contributed by atoms with Crippen LogP contribution in [0.2, 0.25) is 0 Å².